The van der Waals surface area contributed by atoms with Crippen molar-refractivity contribution in [1.29, 1.82) is 0 Å². The zero-order valence-corrected chi connectivity index (χ0v) is 18.8. The number of unbranched alkanes of at least 4 members (excludes halogenated alkanes) is 1. The van der Waals surface area contributed by atoms with Gasteiger partial charge in [-0.15, -0.1) is 11.3 Å². The summed E-state index contributed by atoms with van der Waals surface area (Å²) >= 11 is 1.47. The summed E-state index contributed by atoms with van der Waals surface area (Å²) < 4.78 is 5.08. The predicted molar refractivity (Wildman–Crippen MR) is 120 cm³/mol. The zero-order chi connectivity index (χ0) is 22.1. The summed E-state index contributed by atoms with van der Waals surface area (Å²) in [4.78, 5) is 41.1. The lowest BCUT2D eigenvalue weighted by Gasteiger charge is -2.32. The molecular formula is C23H31N3O4S. The highest BCUT2D eigenvalue weighted by atomic mass is 32.1. The van der Waals surface area contributed by atoms with Gasteiger partial charge in [0.2, 0.25) is 11.8 Å². The molecule has 0 bridgehead atoms. The molecule has 2 aromatic rings. The molecule has 1 aliphatic rings. The number of nitrogens with one attached hydrogen (secondary N) is 2. The monoisotopic (exact) mass is 445 g/mol. The summed E-state index contributed by atoms with van der Waals surface area (Å²) in [7, 11) is 0. The van der Waals surface area contributed by atoms with Crippen LogP contribution in [-0.4, -0.2) is 41.8 Å². The Hall–Kier alpha value is -2.61. The van der Waals surface area contributed by atoms with E-state index in [1.54, 1.807) is 17.0 Å². The van der Waals surface area contributed by atoms with Crippen molar-refractivity contribution in [2.24, 2.45) is 0 Å². The van der Waals surface area contributed by atoms with Crippen molar-refractivity contribution in [2.75, 3.05) is 13.1 Å². The first-order valence-corrected chi connectivity index (χ1v) is 11.9. The second-order valence-electron chi connectivity index (χ2n) is 7.86. The molecule has 2 aromatic heterocycles. The van der Waals surface area contributed by atoms with Gasteiger partial charge in [0.15, 0.2) is 5.76 Å². The van der Waals surface area contributed by atoms with Gasteiger partial charge in [-0.25, -0.2) is 0 Å². The number of amides is 3. The van der Waals surface area contributed by atoms with Gasteiger partial charge < -0.3 is 20.0 Å². The Morgan fingerprint density at radius 3 is 2.65 bits per heavy atom. The molecule has 168 valence electrons. The van der Waals surface area contributed by atoms with Crippen molar-refractivity contribution in [3.8, 4) is 0 Å². The maximum absolute atomic E-state index is 13.3. The van der Waals surface area contributed by atoms with E-state index in [4.69, 9.17) is 4.42 Å². The first kappa shape index (κ1) is 23.1. The third-order valence-electron chi connectivity index (χ3n) is 5.54. The number of rotatable bonds is 10. The van der Waals surface area contributed by atoms with Crippen LogP contribution in [0.25, 0.3) is 0 Å². The Kier molecular flexibility index (Phi) is 8.70. The van der Waals surface area contributed by atoms with Gasteiger partial charge in [-0.3, -0.25) is 14.4 Å². The highest BCUT2D eigenvalue weighted by Gasteiger charge is 2.33. The molecule has 1 unspecified atom stereocenters. The molecule has 0 spiro atoms. The molecule has 0 saturated heterocycles. The van der Waals surface area contributed by atoms with Crippen LogP contribution >= 0.6 is 11.3 Å². The fourth-order valence-corrected chi connectivity index (χ4v) is 4.71. The fourth-order valence-electron chi connectivity index (χ4n) is 3.88. The van der Waals surface area contributed by atoms with E-state index >= 15 is 0 Å². The number of hydrogen-bond donors (Lipinski definition) is 2. The molecule has 1 atom stereocenters. The van der Waals surface area contributed by atoms with Crippen LogP contribution in [0.2, 0.25) is 0 Å². The van der Waals surface area contributed by atoms with Crippen LogP contribution in [0.4, 0.5) is 0 Å². The summed E-state index contributed by atoms with van der Waals surface area (Å²) in [5.41, 5.74) is 0. The Labute approximate surface area is 187 Å². The van der Waals surface area contributed by atoms with Crippen molar-refractivity contribution in [2.45, 2.75) is 64.0 Å². The third-order valence-corrected chi connectivity index (χ3v) is 6.47. The summed E-state index contributed by atoms with van der Waals surface area (Å²) in [6.07, 6.45) is 8.47. The lowest BCUT2D eigenvalue weighted by Crippen LogP contribution is -2.49. The molecule has 1 saturated carbocycles. The first-order valence-electron chi connectivity index (χ1n) is 11.0. The van der Waals surface area contributed by atoms with Gasteiger partial charge in [-0.05, 0) is 42.8 Å². The largest absolute Gasteiger partial charge is 0.459 e. The number of carbonyl (C=O) groups excluding carboxylic acids is 3. The van der Waals surface area contributed by atoms with E-state index in [1.165, 1.54) is 24.0 Å². The average Bonchev–Trinajstić information content (AvgIpc) is 3.50. The summed E-state index contributed by atoms with van der Waals surface area (Å²) in [6.45, 7) is 2.30. The normalized spacial score (nSPS) is 15.3. The molecule has 0 radical (unpaired) electrons. The Bertz CT molecular complexity index is 829. The van der Waals surface area contributed by atoms with E-state index in [9.17, 15) is 14.4 Å². The van der Waals surface area contributed by atoms with E-state index in [-0.39, 0.29) is 30.2 Å². The molecule has 3 amide bonds. The number of carbonyl (C=O) groups is 3. The molecule has 8 heteroatoms. The Morgan fingerprint density at radius 2 is 2.00 bits per heavy atom. The van der Waals surface area contributed by atoms with Crippen molar-refractivity contribution in [1.82, 2.24) is 15.5 Å². The first-order chi connectivity index (χ1) is 15.1. The lowest BCUT2D eigenvalue weighted by atomic mass is 9.95. The van der Waals surface area contributed by atoms with Crippen LogP contribution < -0.4 is 10.6 Å². The number of hydrogen-bond acceptors (Lipinski definition) is 5. The highest BCUT2D eigenvalue weighted by Crippen LogP contribution is 2.27. The number of nitrogens with zero attached hydrogens (tertiary/aromatic N) is 1. The van der Waals surface area contributed by atoms with Crippen LogP contribution in [-0.2, 0) is 9.59 Å². The van der Waals surface area contributed by atoms with Gasteiger partial charge >= 0.3 is 0 Å². The number of furan rings is 1. The van der Waals surface area contributed by atoms with Gasteiger partial charge in [-0.1, -0.05) is 38.7 Å². The number of thiophene rings is 1. The molecule has 3 rings (SSSR count). The minimum absolute atomic E-state index is 0.142. The Morgan fingerprint density at radius 1 is 1.19 bits per heavy atom. The third kappa shape index (κ3) is 6.43. The second kappa shape index (κ2) is 11.7. The van der Waals surface area contributed by atoms with Crippen molar-refractivity contribution in [3.05, 3.63) is 46.5 Å². The van der Waals surface area contributed by atoms with E-state index in [0.29, 0.717) is 6.54 Å². The molecule has 31 heavy (non-hydrogen) atoms. The highest BCUT2D eigenvalue weighted by molar-refractivity contribution is 7.10. The van der Waals surface area contributed by atoms with Crippen LogP contribution in [0, 0.1) is 0 Å². The fraction of sp³-hybridized carbons (Fsp3) is 0.522. The van der Waals surface area contributed by atoms with Crippen LogP contribution in [0.3, 0.4) is 0 Å². The molecule has 1 aliphatic carbocycles. The minimum atomic E-state index is -0.693. The maximum Gasteiger partial charge on any atom is 0.287 e. The predicted octanol–water partition coefficient (Wildman–Crippen LogP) is 3.89. The average molecular weight is 446 g/mol. The van der Waals surface area contributed by atoms with Crippen molar-refractivity contribution >= 4 is 29.1 Å². The molecule has 2 N–H and O–H groups in total. The maximum atomic E-state index is 13.3. The van der Waals surface area contributed by atoms with Gasteiger partial charge in [0.05, 0.1) is 12.8 Å². The van der Waals surface area contributed by atoms with Gasteiger partial charge in [0.25, 0.3) is 5.91 Å². The topological polar surface area (TPSA) is 91.7 Å². The van der Waals surface area contributed by atoms with Crippen LogP contribution in [0.5, 0.6) is 0 Å². The Balaban J connectivity index is 1.74. The molecule has 1 fully saturated rings. The quantitative estimate of drug-likeness (QED) is 0.580. The minimum Gasteiger partial charge on any atom is -0.459 e. The molecular weight excluding hydrogens is 414 g/mol. The van der Waals surface area contributed by atoms with Gasteiger partial charge in [0.1, 0.15) is 6.04 Å². The molecule has 7 nitrogen and oxygen atoms in total. The second-order valence-corrected chi connectivity index (χ2v) is 8.84. The van der Waals surface area contributed by atoms with Crippen LogP contribution in [0.15, 0.2) is 40.3 Å². The summed E-state index contributed by atoms with van der Waals surface area (Å²) in [5.74, 6) is -0.729. The molecule has 0 aromatic carbocycles. The van der Waals surface area contributed by atoms with Gasteiger partial charge in [-0.2, -0.15) is 0 Å². The SMILES string of the molecule is CCCCN(C(=O)CNC(=O)c1ccco1)C(C(=O)NC1CCCCC1)c1cccs1. The van der Waals surface area contributed by atoms with E-state index in [2.05, 4.69) is 10.6 Å². The lowest BCUT2D eigenvalue weighted by molar-refractivity contribution is -0.140. The zero-order valence-electron chi connectivity index (χ0n) is 18.0. The molecule has 0 aliphatic heterocycles. The van der Waals surface area contributed by atoms with E-state index < -0.39 is 11.9 Å². The standard InChI is InChI=1S/C23H31N3O4S/c1-2-3-13-26(20(27)16-24-22(28)18-11-7-14-30-18)21(19-12-8-15-31-19)23(29)25-17-9-5-4-6-10-17/h7-8,11-12,14-15,17,21H,2-6,9-10,13,16H2,1H3,(H,24,28)(H,25,29). The summed E-state index contributed by atoms with van der Waals surface area (Å²) in [5, 5.41) is 7.70. The van der Waals surface area contributed by atoms with E-state index in [0.717, 1.165) is 43.4 Å². The smallest absolute Gasteiger partial charge is 0.287 e. The van der Waals surface area contributed by atoms with Crippen molar-refractivity contribution < 1.29 is 18.8 Å². The van der Waals surface area contributed by atoms with Crippen LogP contribution in [0.1, 0.15) is 73.3 Å². The summed E-state index contributed by atoms with van der Waals surface area (Å²) in [6, 6.07) is 6.41. The van der Waals surface area contributed by atoms with Crippen molar-refractivity contribution in [3.63, 3.8) is 0 Å². The molecule has 2 heterocycles. The van der Waals surface area contributed by atoms with E-state index in [1.807, 2.05) is 24.4 Å². The van der Waals surface area contributed by atoms with Gasteiger partial charge in [0, 0.05) is 17.5 Å².